The first-order valence-electron chi connectivity index (χ1n) is 4.29. The third-order valence-electron chi connectivity index (χ3n) is 1.90. The van der Waals surface area contributed by atoms with Gasteiger partial charge < -0.3 is 0 Å². The van der Waals surface area contributed by atoms with Crippen LogP contribution in [0.15, 0.2) is 35.3 Å². The molecule has 7 heteroatoms. The lowest BCUT2D eigenvalue weighted by Crippen LogP contribution is -2.17. The highest BCUT2D eigenvalue weighted by atomic mass is 19.4. The number of hydrogen-bond acceptors (Lipinski definition) is 2. The first kappa shape index (κ1) is 10.5. The third-order valence-corrected chi connectivity index (χ3v) is 1.90. The van der Waals surface area contributed by atoms with E-state index in [0.717, 1.165) is 10.7 Å². The van der Waals surface area contributed by atoms with E-state index >= 15 is 0 Å². The van der Waals surface area contributed by atoms with Gasteiger partial charge in [-0.1, -0.05) is 6.07 Å². The molecule has 0 saturated heterocycles. The summed E-state index contributed by atoms with van der Waals surface area (Å²) in [6.07, 6.45) is -3.20. The number of hydrogen-bond donors (Lipinski definition) is 1. The standard InChI is InChI=1S/C9H6F3N3O/c10-9(11,12)6-2-1-3-7(14-6)15-8(16)4-5-13-15/h1-5,13H. The number of aromatic amines is 1. The molecule has 84 valence electrons. The van der Waals surface area contributed by atoms with Crippen molar-refractivity contribution in [1.29, 1.82) is 0 Å². The van der Waals surface area contributed by atoms with E-state index < -0.39 is 17.4 Å². The van der Waals surface area contributed by atoms with Crippen molar-refractivity contribution in [2.45, 2.75) is 6.18 Å². The summed E-state index contributed by atoms with van der Waals surface area (Å²) in [5.74, 6) is -0.0928. The summed E-state index contributed by atoms with van der Waals surface area (Å²) >= 11 is 0. The predicted molar refractivity (Wildman–Crippen MR) is 49.2 cm³/mol. The highest BCUT2D eigenvalue weighted by Gasteiger charge is 2.32. The van der Waals surface area contributed by atoms with E-state index in [2.05, 4.69) is 10.1 Å². The molecule has 0 radical (unpaired) electrons. The van der Waals surface area contributed by atoms with Crippen LogP contribution in [0.25, 0.3) is 5.82 Å². The fourth-order valence-corrected chi connectivity index (χ4v) is 1.21. The summed E-state index contributed by atoms with van der Waals surface area (Å²) in [6.45, 7) is 0. The van der Waals surface area contributed by atoms with Crippen LogP contribution in [0.5, 0.6) is 0 Å². The lowest BCUT2D eigenvalue weighted by atomic mass is 10.3. The Morgan fingerprint density at radius 1 is 1.25 bits per heavy atom. The van der Waals surface area contributed by atoms with Crippen LogP contribution in [0, 0.1) is 0 Å². The second kappa shape index (κ2) is 3.51. The molecule has 0 aliphatic carbocycles. The zero-order valence-corrected chi connectivity index (χ0v) is 7.82. The molecule has 0 unspecified atom stereocenters. The van der Waals surface area contributed by atoms with Gasteiger partial charge in [0.25, 0.3) is 5.56 Å². The Morgan fingerprint density at radius 3 is 2.56 bits per heavy atom. The van der Waals surface area contributed by atoms with E-state index in [1.54, 1.807) is 0 Å². The number of nitrogens with one attached hydrogen (secondary N) is 1. The highest BCUT2D eigenvalue weighted by Crippen LogP contribution is 2.27. The maximum absolute atomic E-state index is 12.3. The Hall–Kier alpha value is -2.05. The minimum atomic E-state index is -4.52. The number of H-pyrrole nitrogens is 1. The molecule has 0 saturated carbocycles. The van der Waals surface area contributed by atoms with Crippen molar-refractivity contribution >= 4 is 0 Å². The lowest BCUT2D eigenvalue weighted by molar-refractivity contribution is -0.141. The van der Waals surface area contributed by atoms with Crippen LogP contribution in [0.1, 0.15) is 5.69 Å². The number of nitrogens with zero attached hydrogens (tertiary/aromatic N) is 2. The smallest absolute Gasteiger partial charge is 0.297 e. The molecule has 0 atom stereocenters. The van der Waals surface area contributed by atoms with E-state index in [4.69, 9.17) is 0 Å². The Bertz CT molecular complexity index is 555. The molecular formula is C9H6F3N3O. The molecule has 0 aliphatic heterocycles. The Balaban J connectivity index is 2.53. The van der Waals surface area contributed by atoms with Gasteiger partial charge in [-0.2, -0.15) is 13.2 Å². The molecule has 2 rings (SSSR count). The minimum absolute atomic E-state index is 0.0928. The van der Waals surface area contributed by atoms with Gasteiger partial charge in [0.2, 0.25) is 0 Å². The zero-order valence-electron chi connectivity index (χ0n) is 7.82. The van der Waals surface area contributed by atoms with E-state index in [-0.39, 0.29) is 5.82 Å². The van der Waals surface area contributed by atoms with E-state index in [1.165, 1.54) is 24.4 Å². The summed E-state index contributed by atoms with van der Waals surface area (Å²) in [4.78, 5) is 14.5. The summed E-state index contributed by atoms with van der Waals surface area (Å²) < 4.78 is 38.0. The molecule has 0 aromatic carbocycles. The SMILES string of the molecule is O=c1cc[nH]n1-c1cccc(C(F)(F)F)n1. The van der Waals surface area contributed by atoms with E-state index in [1.807, 2.05) is 0 Å². The van der Waals surface area contributed by atoms with Gasteiger partial charge in [-0.15, -0.1) is 0 Å². The van der Waals surface area contributed by atoms with Crippen LogP contribution >= 0.6 is 0 Å². The van der Waals surface area contributed by atoms with Crippen molar-refractivity contribution < 1.29 is 13.2 Å². The number of aromatic nitrogens is 3. The van der Waals surface area contributed by atoms with Crippen LogP contribution in [0.4, 0.5) is 13.2 Å². The van der Waals surface area contributed by atoms with Crippen molar-refractivity contribution in [1.82, 2.24) is 14.8 Å². The maximum Gasteiger partial charge on any atom is 0.433 e. The fraction of sp³-hybridized carbons (Fsp3) is 0.111. The van der Waals surface area contributed by atoms with Crippen molar-refractivity contribution in [2.75, 3.05) is 0 Å². The van der Waals surface area contributed by atoms with E-state index in [9.17, 15) is 18.0 Å². The predicted octanol–water partition coefficient (Wildman–Crippen LogP) is 1.58. The van der Waals surface area contributed by atoms with Gasteiger partial charge in [0.15, 0.2) is 5.82 Å². The van der Waals surface area contributed by atoms with Crippen molar-refractivity contribution in [3.05, 3.63) is 46.5 Å². The molecule has 2 aromatic heterocycles. The minimum Gasteiger partial charge on any atom is -0.297 e. The molecular weight excluding hydrogens is 223 g/mol. The zero-order chi connectivity index (χ0) is 11.8. The molecule has 0 spiro atoms. The van der Waals surface area contributed by atoms with Crippen LogP contribution in [-0.2, 0) is 6.18 Å². The summed E-state index contributed by atoms with van der Waals surface area (Å²) in [6, 6.07) is 4.55. The lowest BCUT2D eigenvalue weighted by Gasteiger charge is -2.07. The molecule has 16 heavy (non-hydrogen) atoms. The third kappa shape index (κ3) is 1.83. The number of pyridine rings is 1. The number of halogens is 3. The van der Waals surface area contributed by atoms with Gasteiger partial charge in [-0.25, -0.2) is 9.67 Å². The molecule has 2 heterocycles. The first-order chi connectivity index (χ1) is 7.48. The van der Waals surface area contributed by atoms with Crippen LogP contribution in [0.3, 0.4) is 0 Å². The van der Waals surface area contributed by atoms with E-state index in [0.29, 0.717) is 0 Å². The second-order valence-corrected chi connectivity index (χ2v) is 3.01. The monoisotopic (exact) mass is 229 g/mol. The molecule has 4 nitrogen and oxygen atoms in total. The summed E-state index contributed by atoms with van der Waals surface area (Å²) in [7, 11) is 0. The van der Waals surface area contributed by atoms with Gasteiger partial charge in [0, 0.05) is 12.3 Å². The van der Waals surface area contributed by atoms with Gasteiger partial charge >= 0.3 is 6.18 Å². The number of rotatable bonds is 1. The summed E-state index contributed by atoms with van der Waals surface area (Å²) in [5.41, 5.74) is -1.50. The fourth-order valence-electron chi connectivity index (χ4n) is 1.21. The molecule has 0 aliphatic rings. The molecule has 2 aromatic rings. The van der Waals surface area contributed by atoms with Gasteiger partial charge in [0.1, 0.15) is 5.69 Å². The molecule has 0 bridgehead atoms. The highest BCUT2D eigenvalue weighted by molar-refractivity contribution is 5.24. The second-order valence-electron chi connectivity index (χ2n) is 3.01. The van der Waals surface area contributed by atoms with Crippen LogP contribution in [0.2, 0.25) is 0 Å². The van der Waals surface area contributed by atoms with Crippen LogP contribution in [-0.4, -0.2) is 14.8 Å². The van der Waals surface area contributed by atoms with Gasteiger partial charge in [-0.3, -0.25) is 9.89 Å². The van der Waals surface area contributed by atoms with Crippen molar-refractivity contribution in [2.24, 2.45) is 0 Å². The van der Waals surface area contributed by atoms with Gasteiger partial charge in [0.05, 0.1) is 0 Å². The van der Waals surface area contributed by atoms with Gasteiger partial charge in [-0.05, 0) is 12.1 Å². The quantitative estimate of drug-likeness (QED) is 0.807. The topological polar surface area (TPSA) is 50.7 Å². The normalized spacial score (nSPS) is 11.7. The molecule has 0 amide bonds. The van der Waals surface area contributed by atoms with Crippen molar-refractivity contribution in [3.63, 3.8) is 0 Å². The average molecular weight is 229 g/mol. The van der Waals surface area contributed by atoms with Crippen molar-refractivity contribution in [3.8, 4) is 5.82 Å². The summed E-state index contributed by atoms with van der Waals surface area (Å²) in [5, 5.41) is 2.47. The maximum atomic E-state index is 12.3. The van der Waals surface area contributed by atoms with Crippen LogP contribution < -0.4 is 5.56 Å². The number of alkyl halides is 3. The molecule has 1 N–H and O–H groups in total. The average Bonchev–Trinajstić information content (AvgIpc) is 2.63. The Kier molecular flexibility index (Phi) is 2.30. The Morgan fingerprint density at radius 2 is 2.00 bits per heavy atom. The largest absolute Gasteiger partial charge is 0.433 e. The molecule has 0 fully saturated rings. The first-order valence-corrected chi connectivity index (χ1v) is 4.29. The Labute approximate surface area is 87.3 Å².